The lowest BCUT2D eigenvalue weighted by Crippen LogP contribution is -2.65. The molecule has 14 nitrogen and oxygen atoms in total. The van der Waals surface area contributed by atoms with E-state index in [0.29, 0.717) is 12.8 Å². The Morgan fingerprint density at radius 2 is 1.11 bits per heavy atom. The Morgan fingerprint density at radius 1 is 0.594 bits per heavy atom. The van der Waals surface area contributed by atoms with Crippen molar-refractivity contribution < 1.29 is 64.6 Å². The lowest BCUT2D eigenvalue weighted by atomic mass is 9.97. The summed E-state index contributed by atoms with van der Waals surface area (Å²) in [4.78, 5) is 13.1. The summed E-state index contributed by atoms with van der Waals surface area (Å²) in [5, 5.41) is 86.4. The first-order chi connectivity index (χ1) is 31.1. The zero-order valence-electron chi connectivity index (χ0n) is 38.2. The zero-order valence-corrected chi connectivity index (χ0v) is 38.2. The van der Waals surface area contributed by atoms with Crippen LogP contribution in [0.1, 0.15) is 117 Å². The molecule has 0 radical (unpaired) electrons. The molecular formula is C50H81NO13. The van der Waals surface area contributed by atoms with Crippen LogP contribution in [-0.4, -0.2) is 140 Å². The fourth-order valence-corrected chi connectivity index (χ4v) is 7.00. The monoisotopic (exact) mass is 904 g/mol. The molecule has 0 aromatic carbocycles. The minimum absolute atomic E-state index is 0.241. The van der Waals surface area contributed by atoms with Crippen LogP contribution in [0.5, 0.6) is 0 Å². The van der Waals surface area contributed by atoms with Crippen molar-refractivity contribution in [2.45, 2.75) is 190 Å². The highest BCUT2D eigenvalue weighted by Gasteiger charge is 2.50. The number of unbranched alkanes of at least 4 members (excludes halogenated alkanes) is 7. The number of carbonyl (C=O) groups excluding carboxylic acids is 1. The second-order valence-electron chi connectivity index (χ2n) is 16.1. The number of carbonyl (C=O) groups is 1. The highest BCUT2D eigenvalue weighted by molar-refractivity contribution is 5.76. The van der Waals surface area contributed by atoms with E-state index in [1.807, 2.05) is 19.1 Å². The molecule has 0 spiro atoms. The zero-order chi connectivity index (χ0) is 46.8. The average Bonchev–Trinajstić information content (AvgIpc) is 3.29. The van der Waals surface area contributed by atoms with E-state index in [2.05, 4.69) is 91.2 Å². The van der Waals surface area contributed by atoms with E-state index in [1.165, 1.54) is 0 Å². The average molecular weight is 904 g/mol. The number of hydrogen-bond donors (Lipinski definition) is 9. The van der Waals surface area contributed by atoms with Gasteiger partial charge in [-0.3, -0.25) is 4.79 Å². The van der Waals surface area contributed by atoms with Crippen LogP contribution >= 0.6 is 0 Å². The maximum atomic E-state index is 13.1. The van der Waals surface area contributed by atoms with Crippen LogP contribution in [0, 0.1) is 0 Å². The van der Waals surface area contributed by atoms with E-state index < -0.39 is 86.8 Å². The molecule has 0 aliphatic carbocycles. The summed E-state index contributed by atoms with van der Waals surface area (Å²) < 4.78 is 22.6. The first-order valence-electron chi connectivity index (χ1n) is 23.4. The highest BCUT2D eigenvalue weighted by Crippen LogP contribution is 2.30. The number of rotatable bonds is 33. The number of hydrogen-bond acceptors (Lipinski definition) is 13. The van der Waals surface area contributed by atoms with E-state index >= 15 is 0 Å². The van der Waals surface area contributed by atoms with Gasteiger partial charge in [-0.25, -0.2) is 0 Å². The molecule has 0 bridgehead atoms. The minimum atomic E-state index is -1.80. The van der Waals surface area contributed by atoms with Crippen molar-refractivity contribution in [3.8, 4) is 0 Å². The van der Waals surface area contributed by atoms with Crippen LogP contribution in [0.2, 0.25) is 0 Å². The summed E-state index contributed by atoms with van der Waals surface area (Å²) >= 11 is 0. The van der Waals surface area contributed by atoms with Crippen molar-refractivity contribution in [1.82, 2.24) is 5.32 Å². The number of allylic oxidation sites excluding steroid dienone is 15. The number of nitrogens with one attached hydrogen (secondary N) is 1. The smallest absolute Gasteiger partial charge is 0.220 e. The third-order valence-corrected chi connectivity index (χ3v) is 10.8. The highest BCUT2D eigenvalue weighted by atomic mass is 16.7. The summed E-state index contributed by atoms with van der Waals surface area (Å²) in [5.74, 6) is -0.282. The molecule has 9 N–H and O–H groups in total. The molecule has 0 aromatic heterocycles. The molecule has 2 rings (SSSR count). The summed E-state index contributed by atoms with van der Waals surface area (Å²) in [6.45, 7) is 2.35. The summed E-state index contributed by atoms with van der Waals surface area (Å²) in [5.41, 5.74) is 0. The Kier molecular flexibility index (Phi) is 32.2. The van der Waals surface area contributed by atoms with Crippen molar-refractivity contribution in [1.29, 1.82) is 0 Å². The van der Waals surface area contributed by atoms with Gasteiger partial charge in [0.05, 0.1) is 32.0 Å². The van der Waals surface area contributed by atoms with Gasteiger partial charge >= 0.3 is 0 Å². The van der Waals surface area contributed by atoms with Gasteiger partial charge in [-0.1, -0.05) is 123 Å². The van der Waals surface area contributed by atoms with Crippen LogP contribution in [0.25, 0.3) is 0 Å². The number of aliphatic hydroxyl groups excluding tert-OH is 8. The molecule has 0 aromatic rings. The molecule has 2 aliphatic rings. The Bertz CT molecular complexity index is 1440. The third kappa shape index (κ3) is 23.4. The van der Waals surface area contributed by atoms with Gasteiger partial charge in [0.25, 0.3) is 0 Å². The van der Waals surface area contributed by atoms with E-state index in [0.717, 1.165) is 83.5 Å². The molecule has 1 amide bonds. The topological polar surface area (TPSA) is 228 Å². The molecule has 64 heavy (non-hydrogen) atoms. The summed E-state index contributed by atoms with van der Waals surface area (Å²) in [6, 6.07) is -0.952. The van der Waals surface area contributed by atoms with Gasteiger partial charge < -0.3 is 65.1 Å². The Balaban J connectivity index is 1.84. The van der Waals surface area contributed by atoms with Crippen LogP contribution < -0.4 is 5.32 Å². The first-order valence-corrected chi connectivity index (χ1v) is 23.4. The number of aliphatic hydroxyl groups is 8. The predicted molar refractivity (Wildman–Crippen MR) is 249 cm³/mol. The number of ether oxygens (including phenoxy) is 4. The molecule has 12 unspecified atom stereocenters. The quantitative estimate of drug-likeness (QED) is 0.0305. The van der Waals surface area contributed by atoms with E-state index in [-0.39, 0.29) is 18.9 Å². The summed E-state index contributed by atoms with van der Waals surface area (Å²) in [7, 11) is 0. The van der Waals surface area contributed by atoms with Crippen LogP contribution in [0.3, 0.4) is 0 Å². The van der Waals surface area contributed by atoms with E-state index in [4.69, 9.17) is 18.9 Å². The second kappa shape index (κ2) is 36.1. The number of amides is 1. The maximum absolute atomic E-state index is 13.1. The third-order valence-electron chi connectivity index (χ3n) is 10.8. The predicted octanol–water partition coefficient (Wildman–Crippen LogP) is 5.20. The Labute approximate surface area is 382 Å². The molecule has 0 saturated carbocycles. The lowest BCUT2D eigenvalue weighted by molar-refractivity contribution is -0.359. The van der Waals surface area contributed by atoms with Gasteiger partial charge in [-0.2, -0.15) is 0 Å². The Hall–Kier alpha value is -3.09. The largest absolute Gasteiger partial charge is 0.394 e. The standard InChI is InChI=1S/C50H81NO13/c1-3-5-7-9-11-13-14-15-16-17-18-19-20-21-22-23-24-26-28-30-32-34-42(55)51-38(39(54)33-31-29-27-25-12-10-8-6-4-2)37-61-49-47(60)45(58)48(41(36-53)63-49)64-50-46(59)44(57)43(56)40(35-52)62-50/h4-7,11-13,15-16,18-19,21-22,25,31,33,38-41,43-50,52-54,56-60H,3,8-10,14,17,20,23-24,26-30,32,34-37H2,1-2H3,(H,51,55)/b6-4+,7-5-,13-11-,16-15-,19-18-,22-21-,25-12+,33-31+. The van der Waals surface area contributed by atoms with Gasteiger partial charge in [-0.05, 0) is 84.0 Å². The fraction of sp³-hybridized carbons (Fsp3) is 0.660. The van der Waals surface area contributed by atoms with Crippen molar-refractivity contribution in [2.75, 3.05) is 19.8 Å². The van der Waals surface area contributed by atoms with Crippen LogP contribution in [0.4, 0.5) is 0 Å². The lowest BCUT2D eigenvalue weighted by Gasteiger charge is -2.46. The van der Waals surface area contributed by atoms with Gasteiger partial charge in [0.2, 0.25) is 5.91 Å². The molecule has 2 saturated heterocycles. The van der Waals surface area contributed by atoms with Crippen LogP contribution in [0.15, 0.2) is 97.2 Å². The van der Waals surface area contributed by atoms with Crippen molar-refractivity contribution in [3.63, 3.8) is 0 Å². The molecule has 364 valence electrons. The van der Waals surface area contributed by atoms with Crippen molar-refractivity contribution >= 4 is 5.91 Å². The Morgan fingerprint density at radius 3 is 1.72 bits per heavy atom. The first kappa shape index (κ1) is 57.0. The van der Waals surface area contributed by atoms with Crippen LogP contribution in [-0.2, 0) is 23.7 Å². The molecule has 2 aliphatic heterocycles. The van der Waals surface area contributed by atoms with Gasteiger partial charge in [-0.15, -0.1) is 0 Å². The molecule has 14 heteroatoms. The SMILES string of the molecule is C/C=C/CC/C=C/CC/C=C/C(O)C(COC1OC(CO)C(OC2OC(CO)C(O)C(O)C2O)C(O)C1O)NC(=O)CCCCCCC/C=C\C/C=C\C/C=C\C/C=C\C/C=C\CC. The van der Waals surface area contributed by atoms with E-state index in [1.54, 1.807) is 6.08 Å². The molecular weight excluding hydrogens is 823 g/mol. The molecule has 12 atom stereocenters. The van der Waals surface area contributed by atoms with Gasteiger partial charge in [0, 0.05) is 6.42 Å². The maximum Gasteiger partial charge on any atom is 0.220 e. The minimum Gasteiger partial charge on any atom is -0.394 e. The van der Waals surface area contributed by atoms with Gasteiger partial charge in [0.15, 0.2) is 12.6 Å². The normalized spacial score (nSPS) is 28.2. The summed E-state index contributed by atoms with van der Waals surface area (Å²) in [6.07, 6.45) is 30.5. The molecule has 2 heterocycles. The van der Waals surface area contributed by atoms with Crippen molar-refractivity contribution in [2.24, 2.45) is 0 Å². The van der Waals surface area contributed by atoms with Gasteiger partial charge in [0.1, 0.15) is 48.8 Å². The van der Waals surface area contributed by atoms with E-state index in [9.17, 15) is 45.6 Å². The van der Waals surface area contributed by atoms with Crippen molar-refractivity contribution in [3.05, 3.63) is 97.2 Å². The fourth-order valence-electron chi connectivity index (χ4n) is 7.00. The second-order valence-corrected chi connectivity index (χ2v) is 16.1. The molecule has 2 fully saturated rings.